The molecule has 0 radical (unpaired) electrons. The molecule has 1 aliphatic carbocycles. The molecular formula is C15H10N4. The van der Waals surface area contributed by atoms with Gasteiger partial charge < -0.3 is 0 Å². The molecule has 19 heavy (non-hydrogen) atoms. The number of rotatable bonds is 1. The fourth-order valence-electron chi connectivity index (χ4n) is 1.95. The van der Waals surface area contributed by atoms with Crippen LogP contribution in [-0.2, 0) is 0 Å². The van der Waals surface area contributed by atoms with Crippen molar-refractivity contribution in [1.82, 2.24) is 15.0 Å². The summed E-state index contributed by atoms with van der Waals surface area (Å²) in [6.07, 6.45) is 11.6. The van der Waals surface area contributed by atoms with Crippen LogP contribution >= 0.6 is 0 Å². The van der Waals surface area contributed by atoms with Crippen molar-refractivity contribution in [1.29, 1.82) is 5.26 Å². The van der Waals surface area contributed by atoms with E-state index in [1.54, 1.807) is 12.3 Å². The first-order valence-electron chi connectivity index (χ1n) is 5.91. The Hall–Kier alpha value is -2.80. The predicted molar refractivity (Wildman–Crippen MR) is 72.8 cm³/mol. The van der Waals surface area contributed by atoms with Gasteiger partial charge in [0.05, 0.1) is 17.3 Å². The molecule has 0 unspecified atom stereocenters. The van der Waals surface area contributed by atoms with E-state index in [4.69, 9.17) is 5.26 Å². The Morgan fingerprint density at radius 1 is 1.26 bits per heavy atom. The average molecular weight is 246 g/mol. The van der Waals surface area contributed by atoms with Gasteiger partial charge in [0.25, 0.3) is 0 Å². The Bertz CT molecular complexity index is 763. The van der Waals surface area contributed by atoms with E-state index in [9.17, 15) is 0 Å². The normalized spacial score (nSPS) is 14.5. The van der Waals surface area contributed by atoms with E-state index in [-0.39, 0.29) is 0 Å². The lowest BCUT2D eigenvalue weighted by Crippen LogP contribution is -1.92. The van der Waals surface area contributed by atoms with Crippen LogP contribution in [0, 0.1) is 11.3 Å². The van der Waals surface area contributed by atoms with Gasteiger partial charge in [-0.3, -0.25) is 0 Å². The van der Waals surface area contributed by atoms with Crippen LogP contribution in [0.15, 0.2) is 54.5 Å². The highest BCUT2D eigenvalue weighted by molar-refractivity contribution is 5.78. The smallest absolute Gasteiger partial charge is 0.163 e. The molecule has 90 valence electrons. The minimum atomic E-state index is 0.633. The first kappa shape index (κ1) is 11.3. The molecule has 2 heterocycles. The molecule has 3 rings (SSSR count). The minimum absolute atomic E-state index is 0.633. The number of hydrogen-bond acceptors (Lipinski definition) is 4. The Morgan fingerprint density at radius 2 is 2.21 bits per heavy atom. The maximum absolute atomic E-state index is 9.01. The standard InChI is InChI=1S/C15H10N4/c16-8-11-3-1-2-4-12(7-11)14-6-5-13-9-17-10-18-15(13)19-14/h1-3,5-7,9-10H,4H2. The zero-order chi connectivity index (χ0) is 13.1. The largest absolute Gasteiger partial charge is 0.244 e. The molecule has 0 amide bonds. The van der Waals surface area contributed by atoms with E-state index in [0.29, 0.717) is 11.2 Å². The molecule has 0 saturated heterocycles. The van der Waals surface area contributed by atoms with Gasteiger partial charge in [0.2, 0.25) is 0 Å². The number of aromatic nitrogens is 3. The van der Waals surface area contributed by atoms with Gasteiger partial charge in [-0.2, -0.15) is 5.26 Å². The minimum Gasteiger partial charge on any atom is -0.244 e. The van der Waals surface area contributed by atoms with Crippen LogP contribution in [0.3, 0.4) is 0 Å². The number of allylic oxidation sites excluding steroid dienone is 6. The van der Waals surface area contributed by atoms with Crippen molar-refractivity contribution in [2.75, 3.05) is 0 Å². The summed E-state index contributed by atoms with van der Waals surface area (Å²) in [5.41, 5.74) is 3.17. The molecule has 2 aromatic heterocycles. The summed E-state index contributed by atoms with van der Waals surface area (Å²) in [4.78, 5) is 12.6. The van der Waals surface area contributed by atoms with E-state index in [2.05, 4.69) is 21.0 Å². The van der Waals surface area contributed by atoms with Crippen LogP contribution in [0.2, 0.25) is 0 Å². The number of nitrogens with zero attached hydrogens (tertiary/aromatic N) is 4. The Labute approximate surface area is 110 Å². The highest BCUT2D eigenvalue weighted by atomic mass is 14.9. The van der Waals surface area contributed by atoms with Crippen LogP contribution in [0.25, 0.3) is 16.6 Å². The van der Waals surface area contributed by atoms with Crippen molar-refractivity contribution < 1.29 is 0 Å². The summed E-state index contributed by atoms with van der Waals surface area (Å²) >= 11 is 0. The summed E-state index contributed by atoms with van der Waals surface area (Å²) in [7, 11) is 0. The number of hydrogen-bond donors (Lipinski definition) is 0. The first-order valence-corrected chi connectivity index (χ1v) is 5.91. The average Bonchev–Trinajstić information content (AvgIpc) is 2.72. The van der Waals surface area contributed by atoms with Crippen molar-refractivity contribution in [2.24, 2.45) is 0 Å². The summed E-state index contributed by atoms with van der Waals surface area (Å²) in [6, 6.07) is 6.04. The van der Waals surface area contributed by atoms with Crippen molar-refractivity contribution >= 4 is 16.6 Å². The molecule has 1 aliphatic rings. The molecule has 0 aliphatic heterocycles. The lowest BCUT2D eigenvalue weighted by molar-refractivity contribution is 1.16. The van der Waals surface area contributed by atoms with E-state index < -0.39 is 0 Å². The Balaban J connectivity index is 2.09. The molecule has 4 nitrogen and oxygen atoms in total. The van der Waals surface area contributed by atoms with Crippen molar-refractivity contribution in [3.05, 3.63) is 60.2 Å². The third-order valence-electron chi connectivity index (χ3n) is 2.90. The second kappa shape index (κ2) is 4.83. The summed E-state index contributed by atoms with van der Waals surface area (Å²) in [5, 5.41) is 9.92. The van der Waals surface area contributed by atoms with Crippen LogP contribution in [0.5, 0.6) is 0 Å². The van der Waals surface area contributed by atoms with Gasteiger partial charge in [0.15, 0.2) is 5.65 Å². The van der Waals surface area contributed by atoms with Crippen molar-refractivity contribution in [3.63, 3.8) is 0 Å². The third kappa shape index (κ3) is 2.26. The highest BCUT2D eigenvalue weighted by Gasteiger charge is 2.07. The fourth-order valence-corrected chi connectivity index (χ4v) is 1.95. The summed E-state index contributed by atoms with van der Waals surface area (Å²) in [5.74, 6) is 0. The molecule has 0 atom stereocenters. The van der Waals surface area contributed by atoms with E-state index in [1.807, 2.05) is 30.4 Å². The number of nitriles is 1. The molecular weight excluding hydrogens is 236 g/mol. The number of pyridine rings is 1. The zero-order valence-corrected chi connectivity index (χ0v) is 10.1. The maximum Gasteiger partial charge on any atom is 0.163 e. The van der Waals surface area contributed by atoms with E-state index >= 15 is 0 Å². The maximum atomic E-state index is 9.01. The SMILES string of the molecule is N#CC1=CC=CCC(c2ccc3cncnc3n2)=C1. The van der Waals surface area contributed by atoms with Crippen LogP contribution in [0.4, 0.5) is 0 Å². The molecule has 0 bridgehead atoms. The predicted octanol–water partition coefficient (Wildman–Crippen LogP) is 2.82. The van der Waals surface area contributed by atoms with E-state index in [0.717, 1.165) is 23.1 Å². The topological polar surface area (TPSA) is 62.5 Å². The summed E-state index contributed by atoms with van der Waals surface area (Å²) < 4.78 is 0. The first-order chi connectivity index (χ1) is 9.36. The second-order valence-corrected chi connectivity index (χ2v) is 4.17. The van der Waals surface area contributed by atoms with Gasteiger partial charge in [-0.15, -0.1) is 0 Å². The quantitative estimate of drug-likeness (QED) is 0.776. The Morgan fingerprint density at radius 3 is 3.11 bits per heavy atom. The van der Waals surface area contributed by atoms with Gasteiger partial charge in [0.1, 0.15) is 6.33 Å². The lowest BCUT2D eigenvalue weighted by atomic mass is 10.1. The monoisotopic (exact) mass is 246 g/mol. The van der Waals surface area contributed by atoms with Crippen LogP contribution < -0.4 is 0 Å². The van der Waals surface area contributed by atoms with Gasteiger partial charge in [-0.25, -0.2) is 15.0 Å². The fraction of sp³-hybridized carbons (Fsp3) is 0.0667. The lowest BCUT2D eigenvalue weighted by Gasteiger charge is -2.04. The van der Waals surface area contributed by atoms with Gasteiger partial charge in [0, 0.05) is 11.6 Å². The highest BCUT2D eigenvalue weighted by Crippen LogP contribution is 2.22. The third-order valence-corrected chi connectivity index (χ3v) is 2.90. The molecule has 0 spiro atoms. The second-order valence-electron chi connectivity index (χ2n) is 4.17. The zero-order valence-electron chi connectivity index (χ0n) is 10.1. The van der Waals surface area contributed by atoms with Crippen LogP contribution in [0.1, 0.15) is 12.1 Å². The van der Waals surface area contributed by atoms with Crippen molar-refractivity contribution in [3.8, 4) is 6.07 Å². The molecule has 0 fully saturated rings. The number of fused-ring (bicyclic) bond motifs is 1. The van der Waals surface area contributed by atoms with Crippen LogP contribution in [-0.4, -0.2) is 15.0 Å². The Kier molecular flexibility index (Phi) is 2.87. The molecule has 0 aromatic carbocycles. The molecule has 0 N–H and O–H groups in total. The molecule has 4 heteroatoms. The summed E-state index contributed by atoms with van der Waals surface area (Å²) in [6.45, 7) is 0. The van der Waals surface area contributed by atoms with Crippen molar-refractivity contribution in [2.45, 2.75) is 6.42 Å². The molecule has 0 saturated carbocycles. The molecule has 2 aromatic rings. The van der Waals surface area contributed by atoms with Gasteiger partial charge in [-0.1, -0.05) is 12.2 Å². The van der Waals surface area contributed by atoms with Gasteiger partial charge in [-0.05, 0) is 36.3 Å². The van der Waals surface area contributed by atoms with Gasteiger partial charge >= 0.3 is 0 Å². The van der Waals surface area contributed by atoms with E-state index in [1.165, 1.54) is 6.33 Å².